The molecule has 0 aliphatic carbocycles. The number of hydrogen-bond donors (Lipinski definition) is 2. The van der Waals surface area contributed by atoms with E-state index in [1.54, 1.807) is 4.68 Å². The normalized spacial score (nSPS) is 11.5. The Balaban J connectivity index is 2.14. The van der Waals surface area contributed by atoms with Gasteiger partial charge in [-0.1, -0.05) is 0 Å². The number of aryl methyl sites for hydroxylation is 1. The van der Waals surface area contributed by atoms with Gasteiger partial charge in [0.2, 0.25) is 5.91 Å². The van der Waals surface area contributed by atoms with Crippen LogP contribution in [0.2, 0.25) is 0 Å². The van der Waals surface area contributed by atoms with Crippen LogP contribution in [0.5, 0.6) is 0 Å². The van der Waals surface area contributed by atoms with Crippen LogP contribution in [0.3, 0.4) is 0 Å². The molecule has 0 fully saturated rings. The van der Waals surface area contributed by atoms with Crippen molar-refractivity contribution in [1.29, 1.82) is 0 Å². The minimum absolute atomic E-state index is 0.0312. The largest absolute Gasteiger partial charge is 0.350 e. The van der Waals surface area contributed by atoms with E-state index in [9.17, 15) is 4.79 Å². The van der Waals surface area contributed by atoms with Gasteiger partial charge in [-0.25, -0.2) is 0 Å². The summed E-state index contributed by atoms with van der Waals surface area (Å²) in [5.74, 6) is 0.0312. The molecule has 1 aromatic heterocycles. The summed E-state index contributed by atoms with van der Waals surface area (Å²) in [5.41, 5.74) is 1.01. The molecule has 0 aliphatic rings. The molecule has 1 heterocycles. The molecular formula is C12H22N4O. The highest BCUT2D eigenvalue weighted by atomic mass is 16.2. The average Bonchev–Trinajstić information content (AvgIpc) is 2.56. The van der Waals surface area contributed by atoms with E-state index in [2.05, 4.69) is 15.7 Å². The molecule has 17 heavy (non-hydrogen) atoms. The van der Waals surface area contributed by atoms with E-state index < -0.39 is 0 Å². The van der Waals surface area contributed by atoms with Gasteiger partial charge in [-0.3, -0.25) is 9.48 Å². The van der Waals surface area contributed by atoms with Crippen molar-refractivity contribution in [2.45, 2.75) is 32.7 Å². The van der Waals surface area contributed by atoms with Gasteiger partial charge in [0.25, 0.3) is 0 Å². The quantitative estimate of drug-likeness (QED) is 0.733. The first kappa shape index (κ1) is 13.7. The van der Waals surface area contributed by atoms with Crippen LogP contribution < -0.4 is 10.6 Å². The van der Waals surface area contributed by atoms with Crippen LogP contribution in [0.1, 0.15) is 26.3 Å². The summed E-state index contributed by atoms with van der Waals surface area (Å²) in [6, 6.07) is 0. The molecule has 1 aromatic rings. The first-order valence-electron chi connectivity index (χ1n) is 5.86. The molecule has 0 unspecified atom stereocenters. The molecule has 0 aliphatic heterocycles. The van der Waals surface area contributed by atoms with E-state index in [-0.39, 0.29) is 11.4 Å². The van der Waals surface area contributed by atoms with Crippen LogP contribution in [0.15, 0.2) is 12.4 Å². The van der Waals surface area contributed by atoms with Crippen LogP contribution in [-0.2, 0) is 18.3 Å². The number of carbonyl (C=O) groups is 1. The van der Waals surface area contributed by atoms with Crippen LogP contribution in [0, 0.1) is 0 Å². The van der Waals surface area contributed by atoms with Gasteiger partial charge in [0.05, 0.1) is 12.7 Å². The zero-order valence-electron chi connectivity index (χ0n) is 11.1. The molecule has 2 N–H and O–H groups in total. The highest BCUT2D eigenvalue weighted by molar-refractivity contribution is 5.78. The number of nitrogens with one attached hydrogen (secondary N) is 2. The topological polar surface area (TPSA) is 59.0 Å². The van der Waals surface area contributed by atoms with Crippen molar-refractivity contribution in [3.8, 4) is 0 Å². The Hall–Kier alpha value is -1.36. The van der Waals surface area contributed by atoms with Gasteiger partial charge in [-0.05, 0) is 39.3 Å². The van der Waals surface area contributed by atoms with Crippen LogP contribution in [-0.4, -0.2) is 34.3 Å². The van der Waals surface area contributed by atoms with E-state index in [1.807, 2.05) is 40.2 Å². The molecule has 1 rings (SSSR count). The molecule has 5 heteroatoms. The Morgan fingerprint density at radius 1 is 1.47 bits per heavy atom. The maximum atomic E-state index is 11.5. The van der Waals surface area contributed by atoms with E-state index in [4.69, 9.17) is 0 Å². The molecular weight excluding hydrogens is 216 g/mol. The minimum atomic E-state index is -0.165. The third kappa shape index (κ3) is 6.06. The second-order valence-electron chi connectivity index (χ2n) is 5.25. The molecule has 0 radical (unpaired) electrons. The van der Waals surface area contributed by atoms with E-state index in [0.29, 0.717) is 6.54 Å². The maximum Gasteiger partial charge on any atom is 0.234 e. The Labute approximate surface area is 103 Å². The van der Waals surface area contributed by atoms with Gasteiger partial charge in [0, 0.05) is 18.8 Å². The summed E-state index contributed by atoms with van der Waals surface area (Å²) in [6.07, 6.45) is 4.71. The Morgan fingerprint density at radius 3 is 2.71 bits per heavy atom. The van der Waals surface area contributed by atoms with Crippen molar-refractivity contribution in [3.05, 3.63) is 18.0 Å². The van der Waals surface area contributed by atoms with Crippen LogP contribution in [0.25, 0.3) is 0 Å². The lowest BCUT2D eigenvalue weighted by atomic mass is 10.1. The SMILES string of the molecule is Cn1cc(CCNCC(=O)NC(C)(C)C)cn1. The second-order valence-corrected chi connectivity index (χ2v) is 5.25. The predicted molar refractivity (Wildman–Crippen MR) is 67.7 cm³/mol. The molecule has 96 valence electrons. The molecule has 0 saturated heterocycles. The van der Waals surface area contributed by atoms with Crippen molar-refractivity contribution in [3.63, 3.8) is 0 Å². The van der Waals surface area contributed by atoms with Crippen molar-refractivity contribution in [1.82, 2.24) is 20.4 Å². The predicted octanol–water partition coefficient (Wildman–Crippen LogP) is 0.467. The summed E-state index contributed by atoms with van der Waals surface area (Å²) >= 11 is 0. The Morgan fingerprint density at radius 2 is 2.18 bits per heavy atom. The van der Waals surface area contributed by atoms with Crippen LogP contribution in [0.4, 0.5) is 0 Å². The molecule has 0 atom stereocenters. The lowest BCUT2D eigenvalue weighted by Gasteiger charge is -2.20. The molecule has 1 amide bonds. The third-order valence-electron chi connectivity index (χ3n) is 2.15. The first-order chi connectivity index (χ1) is 7.87. The molecule has 5 nitrogen and oxygen atoms in total. The summed E-state index contributed by atoms with van der Waals surface area (Å²) < 4.78 is 1.78. The van der Waals surface area contributed by atoms with Gasteiger partial charge in [-0.15, -0.1) is 0 Å². The fraction of sp³-hybridized carbons (Fsp3) is 0.667. The number of nitrogens with zero attached hydrogens (tertiary/aromatic N) is 2. The fourth-order valence-electron chi connectivity index (χ4n) is 1.50. The van der Waals surface area contributed by atoms with Gasteiger partial charge in [0.15, 0.2) is 0 Å². The fourth-order valence-corrected chi connectivity index (χ4v) is 1.50. The van der Waals surface area contributed by atoms with Gasteiger partial charge < -0.3 is 10.6 Å². The monoisotopic (exact) mass is 238 g/mol. The number of carbonyl (C=O) groups excluding carboxylic acids is 1. The number of hydrogen-bond acceptors (Lipinski definition) is 3. The smallest absolute Gasteiger partial charge is 0.234 e. The lowest BCUT2D eigenvalue weighted by Crippen LogP contribution is -2.45. The molecule has 0 spiro atoms. The molecule has 0 aromatic carbocycles. The van der Waals surface area contributed by atoms with E-state index in [0.717, 1.165) is 13.0 Å². The van der Waals surface area contributed by atoms with Gasteiger partial charge in [0.1, 0.15) is 0 Å². The van der Waals surface area contributed by atoms with E-state index in [1.165, 1.54) is 5.56 Å². The maximum absolute atomic E-state index is 11.5. The van der Waals surface area contributed by atoms with Crippen LogP contribution >= 0.6 is 0 Å². The third-order valence-corrected chi connectivity index (χ3v) is 2.15. The van der Waals surface area contributed by atoms with E-state index >= 15 is 0 Å². The first-order valence-corrected chi connectivity index (χ1v) is 5.86. The van der Waals surface area contributed by atoms with Crippen molar-refractivity contribution < 1.29 is 4.79 Å². The van der Waals surface area contributed by atoms with Gasteiger partial charge >= 0.3 is 0 Å². The summed E-state index contributed by atoms with van der Waals surface area (Å²) in [4.78, 5) is 11.5. The zero-order valence-corrected chi connectivity index (χ0v) is 11.1. The summed E-state index contributed by atoms with van der Waals surface area (Å²) in [7, 11) is 1.90. The minimum Gasteiger partial charge on any atom is -0.350 e. The number of rotatable bonds is 5. The average molecular weight is 238 g/mol. The Kier molecular flexibility index (Phi) is 4.69. The summed E-state index contributed by atoms with van der Waals surface area (Å²) in [5, 5.41) is 10.1. The number of amides is 1. The second kappa shape index (κ2) is 5.82. The van der Waals surface area contributed by atoms with Gasteiger partial charge in [-0.2, -0.15) is 5.10 Å². The zero-order chi connectivity index (χ0) is 12.9. The highest BCUT2D eigenvalue weighted by Crippen LogP contribution is 1.98. The molecule has 0 saturated carbocycles. The highest BCUT2D eigenvalue weighted by Gasteiger charge is 2.12. The number of aromatic nitrogens is 2. The van der Waals surface area contributed by atoms with Crippen molar-refractivity contribution in [2.24, 2.45) is 7.05 Å². The lowest BCUT2D eigenvalue weighted by molar-refractivity contribution is -0.121. The van der Waals surface area contributed by atoms with Crippen molar-refractivity contribution in [2.75, 3.05) is 13.1 Å². The summed E-state index contributed by atoms with van der Waals surface area (Å²) in [6.45, 7) is 7.06. The Bertz CT molecular complexity index is 365. The standard InChI is InChI=1S/C12H22N4O/c1-12(2,3)15-11(17)8-13-6-5-10-7-14-16(4)9-10/h7,9,13H,5-6,8H2,1-4H3,(H,15,17). The van der Waals surface area contributed by atoms with Crippen molar-refractivity contribution >= 4 is 5.91 Å². The molecule has 0 bridgehead atoms.